The molecule has 2 atom stereocenters. The lowest BCUT2D eigenvalue weighted by Crippen LogP contribution is -2.39. The number of fused-ring (bicyclic) bond motifs is 2. The third-order valence-corrected chi connectivity index (χ3v) is 5.10. The predicted molar refractivity (Wildman–Crippen MR) is 98.9 cm³/mol. The average Bonchev–Trinajstić information content (AvgIpc) is 2.92. The molecule has 1 amide bonds. The van der Waals surface area contributed by atoms with Crippen LogP contribution in [0.5, 0.6) is 11.5 Å². The Morgan fingerprint density at radius 2 is 2.04 bits per heavy atom. The first kappa shape index (κ1) is 18.3. The fourth-order valence-corrected chi connectivity index (χ4v) is 3.87. The van der Waals surface area contributed by atoms with Crippen LogP contribution in [0, 0.1) is 0 Å². The molecule has 2 saturated heterocycles. The molecule has 2 heterocycles. The first-order valence-corrected chi connectivity index (χ1v) is 9.64. The van der Waals surface area contributed by atoms with Gasteiger partial charge in [-0.3, -0.25) is 4.79 Å². The lowest BCUT2D eigenvalue weighted by molar-refractivity contribution is 0.0747. The SMILES string of the molecule is CCCOc1c(Cl)cc(C(=O)N2CCC3CCC(C2)N3)cc1OCC. The van der Waals surface area contributed by atoms with Gasteiger partial charge in [0.1, 0.15) is 0 Å². The molecule has 0 spiro atoms. The van der Waals surface area contributed by atoms with Gasteiger partial charge in [-0.2, -0.15) is 0 Å². The number of carbonyl (C=O) groups is 1. The number of carbonyl (C=O) groups excluding carboxylic acids is 1. The number of halogens is 1. The van der Waals surface area contributed by atoms with Crippen LogP contribution in [-0.4, -0.2) is 49.2 Å². The lowest BCUT2D eigenvalue weighted by Gasteiger charge is -2.25. The van der Waals surface area contributed by atoms with Crippen molar-refractivity contribution in [2.24, 2.45) is 0 Å². The zero-order valence-corrected chi connectivity index (χ0v) is 15.8. The Kier molecular flexibility index (Phi) is 6.07. The van der Waals surface area contributed by atoms with E-state index in [1.807, 2.05) is 18.7 Å². The summed E-state index contributed by atoms with van der Waals surface area (Å²) in [6.07, 6.45) is 4.25. The highest BCUT2D eigenvalue weighted by atomic mass is 35.5. The molecule has 138 valence electrons. The molecule has 25 heavy (non-hydrogen) atoms. The number of ether oxygens (including phenoxy) is 2. The molecule has 0 aliphatic carbocycles. The van der Waals surface area contributed by atoms with Crippen LogP contribution in [0.1, 0.15) is 49.9 Å². The summed E-state index contributed by atoms with van der Waals surface area (Å²) in [7, 11) is 0. The highest BCUT2D eigenvalue weighted by Crippen LogP contribution is 2.37. The third-order valence-electron chi connectivity index (χ3n) is 4.82. The quantitative estimate of drug-likeness (QED) is 0.837. The average molecular weight is 367 g/mol. The number of hydrogen-bond donors (Lipinski definition) is 1. The van der Waals surface area contributed by atoms with Gasteiger partial charge >= 0.3 is 0 Å². The van der Waals surface area contributed by atoms with Crippen LogP contribution in [0.4, 0.5) is 0 Å². The minimum Gasteiger partial charge on any atom is -0.490 e. The molecule has 0 saturated carbocycles. The summed E-state index contributed by atoms with van der Waals surface area (Å²) >= 11 is 6.40. The van der Waals surface area contributed by atoms with Crippen LogP contribution >= 0.6 is 11.6 Å². The van der Waals surface area contributed by atoms with Crippen molar-refractivity contribution in [2.75, 3.05) is 26.3 Å². The van der Waals surface area contributed by atoms with Gasteiger partial charge in [0.15, 0.2) is 11.5 Å². The van der Waals surface area contributed by atoms with E-state index in [1.165, 1.54) is 6.42 Å². The molecule has 2 bridgehead atoms. The minimum absolute atomic E-state index is 0.0132. The number of benzene rings is 1. The van der Waals surface area contributed by atoms with Crippen LogP contribution in [0.2, 0.25) is 5.02 Å². The summed E-state index contributed by atoms with van der Waals surface area (Å²) in [5.41, 5.74) is 0.565. The lowest BCUT2D eigenvalue weighted by atomic mass is 10.1. The van der Waals surface area contributed by atoms with E-state index in [0.717, 1.165) is 32.4 Å². The maximum Gasteiger partial charge on any atom is 0.254 e. The summed E-state index contributed by atoms with van der Waals surface area (Å²) in [5.74, 6) is 1.08. The molecule has 6 heteroatoms. The number of rotatable bonds is 6. The number of nitrogens with one attached hydrogen (secondary N) is 1. The molecule has 0 radical (unpaired) electrons. The molecule has 2 aliphatic rings. The van der Waals surface area contributed by atoms with Gasteiger partial charge < -0.3 is 19.7 Å². The van der Waals surface area contributed by atoms with E-state index in [1.54, 1.807) is 12.1 Å². The molecule has 1 N–H and O–H groups in total. The molecule has 2 fully saturated rings. The van der Waals surface area contributed by atoms with E-state index < -0.39 is 0 Å². The van der Waals surface area contributed by atoms with E-state index >= 15 is 0 Å². The number of likely N-dealkylation sites (tertiary alicyclic amines) is 1. The first-order valence-electron chi connectivity index (χ1n) is 9.26. The normalized spacial score (nSPS) is 22.6. The summed E-state index contributed by atoms with van der Waals surface area (Å²) < 4.78 is 11.4. The Labute approximate surface area is 154 Å². The second-order valence-corrected chi connectivity index (χ2v) is 7.15. The molecule has 2 aliphatic heterocycles. The van der Waals surface area contributed by atoms with Crippen molar-refractivity contribution < 1.29 is 14.3 Å². The summed E-state index contributed by atoms with van der Waals surface area (Å²) in [6.45, 7) is 6.53. The first-order chi connectivity index (χ1) is 12.1. The topological polar surface area (TPSA) is 50.8 Å². The summed E-state index contributed by atoms with van der Waals surface area (Å²) in [4.78, 5) is 14.9. The van der Waals surface area contributed by atoms with Gasteiger partial charge in [-0.1, -0.05) is 18.5 Å². The minimum atomic E-state index is 0.0132. The Hall–Kier alpha value is -1.46. The number of amides is 1. The van der Waals surface area contributed by atoms with E-state index in [4.69, 9.17) is 21.1 Å². The Morgan fingerprint density at radius 1 is 1.24 bits per heavy atom. The third kappa shape index (κ3) is 4.21. The van der Waals surface area contributed by atoms with Crippen molar-refractivity contribution in [3.05, 3.63) is 22.7 Å². The molecule has 0 aromatic heterocycles. The number of nitrogens with zero attached hydrogens (tertiary/aromatic N) is 1. The van der Waals surface area contributed by atoms with E-state index in [9.17, 15) is 4.79 Å². The molecular weight excluding hydrogens is 340 g/mol. The maximum atomic E-state index is 13.0. The molecule has 2 unspecified atom stereocenters. The van der Waals surface area contributed by atoms with Crippen molar-refractivity contribution in [3.63, 3.8) is 0 Å². The van der Waals surface area contributed by atoms with Gasteiger partial charge in [-0.05, 0) is 44.7 Å². The van der Waals surface area contributed by atoms with Gasteiger partial charge in [0, 0.05) is 30.7 Å². The van der Waals surface area contributed by atoms with Gasteiger partial charge in [0.25, 0.3) is 5.91 Å². The summed E-state index contributed by atoms with van der Waals surface area (Å²) in [5, 5.41) is 4.03. The van der Waals surface area contributed by atoms with Gasteiger partial charge in [-0.15, -0.1) is 0 Å². The Balaban J connectivity index is 1.81. The Bertz CT molecular complexity index is 623. The molecule has 1 aromatic rings. The molecule has 5 nitrogen and oxygen atoms in total. The second-order valence-electron chi connectivity index (χ2n) is 6.74. The van der Waals surface area contributed by atoms with Gasteiger partial charge in [0.05, 0.1) is 18.2 Å². The largest absolute Gasteiger partial charge is 0.490 e. The Morgan fingerprint density at radius 3 is 2.80 bits per heavy atom. The summed E-state index contributed by atoms with van der Waals surface area (Å²) in [6, 6.07) is 4.42. The van der Waals surface area contributed by atoms with Gasteiger partial charge in [-0.25, -0.2) is 0 Å². The zero-order chi connectivity index (χ0) is 17.8. The molecule has 3 rings (SSSR count). The highest BCUT2D eigenvalue weighted by molar-refractivity contribution is 6.32. The van der Waals surface area contributed by atoms with Crippen molar-refractivity contribution in [3.8, 4) is 11.5 Å². The van der Waals surface area contributed by atoms with Crippen molar-refractivity contribution >= 4 is 17.5 Å². The number of hydrogen-bond acceptors (Lipinski definition) is 4. The van der Waals surface area contributed by atoms with Crippen LogP contribution in [0.25, 0.3) is 0 Å². The monoisotopic (exact) mass is 366 g/mol. The highest BCUT2D eigenvalue weighted by Gasteiger charge is 2.32. The van der Waals surface area contributed by atoms with Crippen LogP contribution in [0.3, 0.4) is 0 Å². The standard InChI is InChI=1S/C19H27ClN2O3/c1-3-9-25-18-16(20)10-13(11-17(18)24-4-2)19(23)22-8-7-14-5-6-15(12-22)21-14/h10-11,14-15,21H,3-9,12H2,1-2H3. The van der Waals surface area contributed by atoms with Gasteiger partial charge in [0.2, 0.25) is 0 Å². The van der Waals surface area contributed by atoms with Crippen LogP contribution in [0.15, 0.2) is 12.1 Å². The van der Waals surface area contributed by atoms with E-state index in [2.05, 4.69) is 5.32 Å². The van der Waals surface area contributed by atoms with Crippen molar-refractivity contribution in [1.29, 1.82) is 0 Å². The van der Waals surface area contributed by atoms with Crippen molar-refractivity contribution in [2.45, 2.75) is 51.6 Å². The predicted octanol–water partition coefficient (Wildman–Crippen LogP) is 3.49. The molecular formula is C19H27ClN2O3. The van der Waals surface area contributed by atoms with Crippen LogP contribution < -0.4 is 14.8 Å². The van der Waals surface area contributed by atoms with Crippen LogP contribution in [-0.2, 0) is 0 Å². The maximum absolute atomic E-state index is 13.0. The molecule has 1 aromatic carbocycles. The smallest absolute Gasteiger partial charge is 0.254 e. The zero-order valence-electron chi connectivity index (χ0n) is 15.0. The fraction of sp³-hybridized carbons (Fsp3) is 0.632. The second kappa shape index (κ2) is 8.28. The van der Waals surface area contributed by atoms with E-state index in [-0.39, 0.29) is 5.91 Å². The fourth-order valence-electron chi connectivity index (χ4n) is 3.61. The van der Waals surface area contributed by atoms with Crippen molar-refractivity contribution in [1.82, 2.24) is 10.2 Å². The van der Waals surface area contributed by atoms with E-state index in [0.29, 0.717) is 47.4 Å².